The number of hydrogen-bond donors (Lipinski definition) is 1. The number of rotatable bonds is 6. The Balaban J connectivity index is 1.71. The van der Waals surface area contributed by atoms with E-state index < -0.39 is 23.0 Å². The summed E-state index contributed by atoms with van der Waals surface area (Å²) in [5.41, 5.74) is 0.187. The summed E-state index contributed by atoms with van der Waals surface area (Å²) in [5.74, 6) is -2.12. The van der Waals surface area contributed by atoms with Crippen LogP contribution in [0.25, 0.3) is 0 Å². The standard InChI is InChI=1S/C25H27ClFN3O5/c1-15(31)5-4-10-28-9-2-3-11-30-21(24(28)34)17-8-12-29(23(33)20(17)22(32)25(30)35)14-16-6-7-19(27)18(26)13-16/h6-7,13,32H,2-5,8-12,14H2,1H3. The van der Waals surface area contributed by atoms with Gasteiger partial charge >= 0.3 is 0 Å². The van der Waals surface area contributed by atoms with Gasteiger partial charge in [-0.15, -0.1) is 0 Å². The van der Waals surface area contributed by atoms with Crippen LogP contribution < -0.4 is 5.56 Å². The second kappa shape index (κ2) is 10.2. The highest BCUT2D eigenvalue weighted by Crippen LogP contribution is 2.30. The Morgan fingerprint density at radius 1 is 1.09 bits per heavy atom. The van der Waals surface area contributed by atoms with Crippen molar-refractivity contribution in [2.24, 2.45) is 0 Å². The van der Waals surface area contributed by atoms with E-state index in [0.29, 0.717) is 49.9 Å². The van der Waals surface area contributed by atoms with Gasteiger partial charge < -0.3 is 24.3 Å². The number of Topliss-reactive ketones (excluding diaryl/α,β-unsaturated/α-hetero) is 1. The Morgan fingerprint density at radius 2 is 1.83 bits per heavy atom. The highest BCUT2D eigenvalue weighted by atomic mass is 35.5. The molecule has 2 aromatic rings. The molecule has 0 fully saturated rings. The van der Waals surface area contributed by atoms with E-state index in [9.17, 15) is 28.7 Å². The molecular formula is C25H27ClFN3O5. The third-order valence-corrected chi connectivity index (χ3v) is 6.83. The molecule has 0 radical (unpaired) electrons. The van der Waals surface area contributed by atoms with Crippen LogP contribution in [-0.4, -0.2) is 56.7 Å². The fourth-order valence-corrected chi connectivity index (χ4v) is 4.97. The number of hydrogen-bond acceptors (Lipinski definition) is 5. The van der Waals surface area contributed by atoms with E-state index in [-0.39, 0.29) is 54.0 Å². The molecule has 0 atom stereocenters. The fourth-order valence-electron chi connectivity index (χ4n) is 4.76. The molecule has 0 spiro atoms. The smallest absolute Gasteiger partial charge is 0.294 e. The number of aromatic nitrogens is 1. The van der Waals surface area contributed by atoms with E-state index in [1.807, 2.05) is 0 Å². The Kier molecular flexibility index (Phi) is 7.25. The summed E-state index contributed by atoms with van der Waals surface area (Å²) >= 11 is 5.86. The summed E-state index contributed by atoms with van der Waals surface area (Å²) < 4.78 is 14.8. The first-order valence-electron chi connectivity index (χ1n) is 11.7. The van der Waals surface area contributed by atoms with E-state index >= 15 is 0 Å². The summed E-state index contributed by atoms with van der Waals surface area (Å²) in [5, 5.41) is 10.7. The van der Waals surface area contributed by atoms with Crippen molar-refractivity contribution in [2.75, 3.05) is 19.6 Å². The minimum Gasteiger partial charge on any atom is -0.502 e. The number of benzene rings is 1. The van der Waals surface area contributed by atoms with Gasteiger partial charge in [0.2, 0.25) is 0 Å². The number of pyridine rings is 1. The van der Waals surface area contributed by atoms with E-state index in [4.69, 9.17) is 11.6 Å². The minimum atomic E-state index is -0.766. The number of amides is 2. The van der Waals surface area contributed by atoms with Crippen molar-refractivity contribution in [1.82, 2.24) is 14.4 Å². The summed E-state index contributed by atoms with van der Waals surface area (Å²) in [4.78, 5) is 54.4. The lowest BCUT2D eigenvalue weighted by Crippen LogP contribution is -2.44. The maximum Gasteiger partial charge on any atom is 0.294 e. The molecule has 2 aliphatic rings. The molecule has 35 heavy (non-hydrogen) atoms. The second-order valence-electron chi connectivity index (χ2n) is 9.04. The molecular weight excluding hydrogens is 477 g/mol. The molecule has 0 aliphatic carbocycles. The van der Waals surface area contributed by atoms with Gasteiger partial charge in [0.15, 0.2) is 5.75 Å². The van der Waals surface area contributed by atoms with Gasteiger partial charge in [0.25, 0.3) is 17.4 Å². The molecule has 0 unspecified atom stereocenters. The molecule has 1 aromatic carbocycles. The number of ketones is 1. The zero-order chi connectivity index (χ0) is 25.3. The molecule has 4 rings (SSSR count). The summed E-state index contributed by atoms with van der Waals surface area (Å²) in [6.45, 7) is 3.00. The molecule has 3 heterocycles. The van der Waals surface area contributed by atoms with Crippen molar-refractivity contribution in [1.29, 1.82) is 0 Å². The third-order valence-electron chi connectivity index (χ3n) is 6.54. The van der Waals surface area contributed by atoms with E-state index in [0.717, 1.165) is 0 Å². The van der Waals surface area contributed by atoms with Crippen LogP contribution in [0.4, 0.5) is 4.39 Å². The van der Waals surface area contributed by atoms with Crippen molar-refractivity contribution in [3.05, 3.63) is 61.8 Å². The van der Waals surface area contributed by atoms with Gasteiger partial charge in [0, 0.05) is 44.7 Å². The Morgan fingerprint density at radius 3 is 2.54 bits per heavy atom. The van der Waals surface area contributed by atoms with E-state index in [1.54, 1.807) is 4.90 Å². The molecule has 1 aromatic heterocycles. The van der Waals surface area contributed by atoms with E-state index in [2.05, 4.69) is 0 Å². The lowest BCUT2D eigenvalue weighted by molar-refractivity contribution is -0.117. The van der Waals surface area contributed by atoms with Crippen LogP contribution >= 0.6 is 11.6 Å². The molecule has 0 saturated carbocycles. The van der Waals surface area contributed by atoms with Crippen molar-refractivity contribution in [3.63, 3.8) is 0 Å². The van der Waals surface area contributed by atoms with Gasteiger partial charge in [-0.25, -0.2) is 4.39 Å². The Hall–Kier alpha value is -3.20. The van der Waals surface area contributed by atoms with Gasteiger partial charge in [-0.2, -0.15) is 0 Å². The van der Waals surface area contributed by atoms with Crippen molar-refractivity contribution in [2.45, 2.75) is 52.1 Å². The SMILES string of the molecule is CC(=O)CCCN1CCCCn2c(c3c(c(O)c2=O)C(=O)N(Cc2ccc(F)c(Cl)c2)CC3)C1=O. The lowest BCUT2D eigenvalue weighted by atomic mass is 9.94. The Labute approximate surface area is 206 Å². The van der Waals surface area contributed by atoms with Gasteiger partial charge in [-0.3, -0.25) is 14.4 Å². The van der Waals surface area contributed by atoms with Crippen molar-refractivity contribution < 1.29 is 23.9 Å². The lowest BCUT2D eigenvalue weighted by Gasteiger charge is -2.33. The highest BCUT2D eigenvalue weighted by molar-refractivity contribution is 6.30. The van der Waals surface area contributed by atoms with Crippen LogP contribution in [0.5, 0.6) is 5.75 Å². The fraction of sp³-hybridized carbons (Fsp3) is 0.440. The highest BCUT2D eigenvalue weighted by Gasteiger charge is 2.36. The molecule has 8 nitrogen and oxygen atoms in total. The number of carbonyl (C=O) groups excluding carboxylic acids is 3. The van der Waals surface area contributed by atoms with Gasteiger partial charge in [0.05, 0.1) is 10.6 Å². The zero-order valence-corrected chi connectivity index (χ0v) is 20.2. The second-order valence-corrected chi connectivity index (χ2v) is 9.44. The first kappa shape index (κ1) is 24.9. The van der Waals surface area contributed by atoms with Gasteiger partial charge in [-0.1, -0.05) is 17.7 Å². The van der Waals surface area contributed by atoms with Gasteiger partial charge in [0.1, 0.15) is 17.3 Å². The average Bonchev–Trinajstić information content (AvgIpc) is 2.80. The number of carbonyl (C=O) groups is 3. The predicted molar refractivity (Wildman–Crippen MR) is 127 cm³/mol. The molecule has 1 N–H and O–H groups in total. The van der Waals surface area contributed by atoms with E-state index in [1.165, 1.54) is 34.6 Å². The Bertz CT molecular complexity index is 1260. The number of halogens is 2. The topological polar surface area (TPSA) is 99.9 Å². The summed E-state index contributed by atoms with van der Waals surface area (Å²) in [7, 11) is 0. The zero-order valence-electron chi connectivity index (χ0n) is 19.5. The van der Waals surface area contributed by atoms with Crippen LogP contribution in [0, 0.1) is 5.82 Å². The van der Waals surface area contributed by atoms with Gasteiger partial charge in [-0.05, 0) is 50.3 Å². The van der Waals surface area contributed by atoms with Crippen LogP contribution in [0.3, 0.4) is 0 Å². The monoisotopic (exact) mass is 503 g/mol. The van der Waals surface area contributed by atoms with Crippen LogP contribution in [0.15, 0.2) is 23.0 Å². The molecule has 0 saturated heterocycles. The molecule has 2 amide bonds. The molecule has 2 aliphatic heterocycles. The van der Waals surface area contributed by atoms with Crippen LogP contribution in [0.2, 0.25) is 5.02 Å². The maximum absolute atomic E-state index is 13.6. The predicted octanol–water partition coefficient (Wildman–Crippen LogP) is 3.15. The summed E-state index contributed by atoms with van der Waals surface area (Å²) in [6, 6.07) is 4.16. The van der Waals surface area contributed by atoms with Crippen molar-refractivity contribution >= 4 is 29.2 Å². The summed E-state index contributed by atoms with van der Waals surface area (Å²) in [6.07, 6.45) is 2.45. The molecule has 10 heteroatoms. The largest absolute Gasteiger partial charge is 0.502 e. The normalized spacial score (nSPS) is 16.0. The number of nitrogens with zero attached hydrogens (tertiary/aromatic N) is 3. The van der Waals surface area contributed by atoms with Crippen molar-refractivity contribution in [3.8, 4) is 5.75 Å². The first-order chi connectivity index (χ1) is 16.7. The number of fused-ring (bicyclic) bond motifs is 3. The number of aromatic hydroxyl groups is 1. The average molecular weight is 504 g/mol. The third kappa shape index (κ3) is 4.96. The van der Waals surface area contributed by atoms with Crippen LogP contribution in [-0.2, 0) is 24.3 Å². The quantitative estimate of drug-likeness (QED) is 0.652. The first-order valence-corrected chi connectivity index (χ1v) is 12.1. The van der Waals surface area contributed by atoms with Crippen LogP contribution in [0.1, 0.15) is 64.6 Å². The maximum atomic E-state index is 13.6. The minimum absolute atomic E-state index is 0.0385. The molecule has 186 valence electrons. The molecule has 0 bridgehead atoms.